The minimum absolute atomic E-state index is 0.385. The van der Waals surface area contributed by atoms with Crippen molar-refractivity contribution in [1.29, 1.82) is 0 Å². The van der Waals surface area contributed by atoms with Crippen LogP contribution in [0.5, 0.6) is 0 Å². The van der Waals surface area contributed by atoms with Gasteiger partial charge >= 0.3 is 0 Å². The van der Waals surface area contributed by atoms with E-state index in [1.165, 1.54) is 18.1 Å². The Morgan fingerprint density at radius 3 is 2.93 bits per heavy atom. The molecule has 1 aromatic heterocycles. The SMILES string of the molecule is CC1=CS/C(=C(/N)c2cc(Cl)ncn2)N1. The van der Waals surface area contributed by atoms with Gasteiger partial charge in [0, 0.05) is 11.8 Å². The molecule has 0 unspecified atom stereocenters. The number of aromatic nitrogens is 2. The van der Waals surface area contributed by atoms with Crippen molar-refractivity contribution in [2.24, 2.45) is 5.73 Å². The molecular weight excluding hydrogens is 232 g/mol. The van der Waals surface area contributed by atoms with E-state index in [2.05, 4.69) is 15.3 Å². The molecule has 1 aliphatic rings. The van der Waals surface area contributed by atoms with Gasteiger partial charge in [0.1, 0.15) is 16.5 Å². The first-order valence-electron chi connectivity index (χ1n) is 4.25. The maximum atomic E-state index is 5.95. The van der Waals surface area contributed by atoms with Gasteiger partial charge in [-0.15, -0.1) is 0 Å². The third-order valence-corrected chi connectivity index (χ3v) is 3.05. The third kappa shape index (κ3) is 2.24. The molecular formula is C9H9ClN4S. The summed E-state index contributed by atoms with van der Waals surface area (Å²) in [6.45, 7) is 1.97. The Morgan fingerprint density at radius 2 is 2.33 bits per heavy atom. The molecule has 0 saturated heterocycles. The molecule has 0 spiro atoms. The number of nitrogens with two attached hydrogens (primary N) is 1. The number of allylic oxidation sites excluding steroid dienone is 1. The van der Waals surface area contributed by atoms with E-state index in [9.17, 15) is 0 Å². The van der Waals surface area contributed by atoms with Gasteiger partial charge in [-0.3, -0.25) is 0 Å². The average molecular weight is 241 g/mol. The fourth-order valence-electron chi connectivity index (χ4n) is 1.11. The zero-order chi connectivity index (χ0) is 10.8. The van der Waals surface area contributed by atoms with Crippen LogP contribution in [-0.2, 0) is 0 Å². The fourth-order valence-corrected chi connectivity index (χ4v) is 2.07. The van der Waals surface area contributed by atoms with Crippen LogP contribution in [0.3, 0.4) is 0 Å². The lowest BCUT2D eigenvalue weighted by Gasteiger charge is -2.06. The minimum atomic E-state index is 0.385. The number of hydrogen-bond acceptors (Lipinski definition) is 5. The van der Waals surface area contributed by atoms with Crippen LogP contribution in [0.25, 0.3) is 5.70 Å². The van der Waals surface area contributed by atoms with E-state index < -0.39 is 0 Å². The smallest absolute Gasteiger partial charge is 0.133 e. The maximum Gasteiger partial charge on any atom is 0.133 e. The van der Waals surface area contributed by atoms with Crippen molar-refractivity contribution in [1.82, 2.24) is 15.3 Å². The largest absolute Gasteiger partial charge is 0.395 e. The van der Waals surface area contributed by atoms with E-state index in [0.29, 0.717) is 16.5 Å². The molecule has 1 aliphatic heterocycles. The van der Waals surface area contributed by atoms with Gasteiger partial charge in [0.05, 0.1) is 11.4 Å². The molecule has 0 bridgehead atoms. The second-order valence-corrected chi connectivity index (χ2v) is 4.28. The van der Waals surface area contributed by atoms with E-state index in [1.807, 2.05) is 12.3 Å². The number of nitrogens with zero attached hydrogens (tertiary/aromatic N) is 2. The van der Waals surface area contributed by atoms with Crippen molar-refractivity contribution in [3.05, 3.63) is 39.4 Å². The first kappa shape index (κ1) is 10.3. The molecule has 78 valence electrons. The Balaban J connectivity index is 2.32. The van der Waals surface area contributed by atoms with Crippen LogP contribution in [0.2, 0.25) is 5.15 Å². The van der Waals surface area contributed by atoms with E-state index in [1.54, 1.807) is 6.07 Å². The summed E-state index contributed by atoms with van der Waals surface area (Å²) in [5, 5.41) is 6.40. The Hall–Kier alpha value is -1.20. The summed E-state index contributed by atoms with van der Waals surface area (Å²) >= 11 is 7.29. The number of rotatable bonds is 1. The first-order valence-corrected chi connectivity index (χ1v) is 5.50. The molecule has 0 aromatic carbocycles. The monoisotopic (exact) mass is 240 g/mol. The van der Waals surface area contributed by atoms with E-state index >= 15 is 0 Å². The Morgan fingerprint density at radius 1 is 1.53 bits per heavy atom. The number of halogens is 1. The van der Waals surface area contributed by atoms with Crippen molar-refractivity contribution in [3.8, 4) is 0 Å². The summed E-state index contributed by atoms with van der Waals surface area (Å²) in [6, 6.07) is 1.64. The lowest BCUT2D eigenvalue weighted by molar-refractivity contribution is 1.05. The minimum Gasteiger partial charge on any atom is -0.395 e. The van der Waals surface area contributed by atoms with Crippen LogP contribution in [-0.4, -0.2) is 9.97 Å². The standard InChI is InChI=1S/C9H9ClN4S/c1-5-3-15-9(14-5)8(11)6-2-7(10)13-4-12-6/h2-4,14H,11H2,1H3/b9-8+. The zero-order valence-corrected chi connectivity index (χ0v) is 9.56. The van der Waals surface area contributed by atoms with E-state index in [4.69, 9.17) is 17.3 Å². The van der Waals surface area contributed by atoms with Crippen molar-refractivity contribution in [2.45, 2.75) is 6.92 Å². The molecule has 1 aromatic rings. The van der Waals surface area contributed by atoms with Crippen molar-refractivity contribution in [2.75, 3.05) is 0 Å². The summed E-state index contributed by atoms with van der Waals surface area (Å²) < 4.78 is 0. The van der Waals surface area contributed by atoms with Gasteiger partial charge in [-0.25, -0.2) is 9.97 Å². The Kier molecular flexibility index (Phi) is 2.83. The predicted octanol–water partition coefficient (Wildman–Crippen LogP) is 1.91. The third-order valence-electron chi connectivity index (χ3n) is 1.82. The summed E-state index contributed by atoms with van der Waals surface area (Å²) in [4.78, 5) is 7.85. The van der Waals surface area contributed by atoms with Crippen LogP contribution in [0.15, 0.2) is 28.5 Å². The first-order chi connectivity index (χ1) is 7.16. The van der Waals surface area contributed by atoms with Gasteiger partial charge in [-0.2, -0.15) is 0 Å². The van der Waals surface area contributed by atoms with Crippen LogP contribution >= 0.6 is 23.4 Å². The normalized spacial score (nSPS) is 18.4. The zero-order valence-electron chi connectivity index (χ0n) is 7.99. The highest BCUT2D eigenvalue weighted by Crippen LogP contribution is 2.28. The summed E-state index contributed by atoms with van der Waals surface area (Å²) in [5.41, 5.74) is 8.23. The van der Waals surface area contributed by atoms with Gasteiger partial charge in [-0.1, -0.05) is 23.4 Å². The second kappa shape index (κ2) is 4.12. The number of nitrogens with one attached hydrogen (secondary N) is 1. The highest BCUT2D eigenvalue weighted by Gasteiger charge is 2.12. The average Bonchev–Trinajstić information content (AvgIpc) is 2.64. The molecule has 2 rings (SSSR count). The molecule has 0 atom stereocenters. The highest BCUT2D eigenvalue weighted by atomic mass is 35.5. The molecule has 0 amide bonds. The Labute approximate surface area is 96.6 Å². The Bertz CT molecular complexity index is 455. The van der Waals surface area contributed by atoms with Crippen LogP contribution in [0.4, 0.5) is 0 Å². The van der Waals surface area contributed by atoms with E-state index in [0.717, 1.165) is 10.7 Å². The van der Waals surface area contributed by atoms with Crippen molar-refractivity contribution in [3.63, 3.8) is 0 Å². The molecule has 4 nitrogen and oxygen atoms in total. The predicted molar refractivity (Wildman–Crippen MR) is 62.6 cm³/mol. The van der Waals surface area contributed by atoms with Crippen LogP contribution in [0.1, 0.15) is 12.6 Å². The van der Waals surface area contributed by atoms with Crippen molar-refractivity contribution >= 4 is 29.1 Å². The molecule has 2 heterocycles. The lowest BCUT2D eigenvalue weighted by atomic mass is 10.3. The van der Waals surface area contributed by atoms with Gasteiger partial charge < -0.3 is 11.1 Å². The quantitative estimate of drug-likeness (QED) is 0.735. The van der Waals surface area contributed by atoms with Gasteiger partial charge in [-0.05, 0) is 12.3 Å². The highest BCUT2D eigenvalue weighted by molar-refractivity contribution is 8.06. The molecule has 0 fully saturated rings. The number of hydrogen-bond donors (Lipinski definition) is 2. The van der Waals surface area contributed by atoms with Crippen molar-refractivity contribution < 1.29 is 0 Å². The maximum absolute atomic E-state index is 5.95. The molecule has 6 heteroatoms. The van der Waals surface area contributed by atoms with Crippen LogP contribution < -0.4 is 11.1 Å². The van der Waals surface area contributed by atoms with Crippen LogP contribution in [0, 0.1) is 0 Å². The molecule has 0 aliphatic carbocycles. The summed E-state index contributed by atoms with van der Waals surface area (Å²) in [5.74, 6) is 0. The van der Waals surface area contributed by atoms with E-state index in [-0.39, 0.29) is 0 Å². The fraction of sp³-hybridized carbons (Fsp3) is 0.111. The molecule has 0 radical (unpaired) electrons. The van der Waals surface area contributed by atoms with Gasteiger partial charge in [0.15, 0.2) is 0 Å². The number of thioether (sulfide) groups is 1. The molecule has 0 saturated carbocycles. The lowest BCUT2D eigenvalue weighted by Crippen LogP contribution is -2.10. The molecule has 3 N–H and O–H groups in total. The summed E-state index contributed by atoms with van der Waals surface area (Å²) in [7, 11) is 0. The second-order valence-electron chi connectivity index (χ2n) is 3.01. The molecule has 15 heavy (non-hydrogen) atoms. The van der Waals surface area contributed by atoms with Gasteiger partial charge in [0.2, 0.25) is 0 Å². The summed E-state index contributed by atoms with van der Waals surface area (Å²) in [6.07, 6.45) is 1.39. The topological polar surface area (TPSA) is 63.8 Å². The van der Waals surface area contributed by atoms with Gasteiger partial charge in [0.25, 0.3) is 0 Å².